The number of hydrogen-bond donors (Lipinski definition) is 0. The lowest BCUT2D eigenvalue weighted by atomic mass is 10.0. The molecule has 2 aromatic rings. The van der Waals surface area contributed by atoms with E-state index in [0.29, 0.717) is 32.7 Å². The molecule has 0 fully saturated rings. The second kappa shape index (κ2) is 6.37. The van der Waals surface area contributed by atoms with E-state index in [-0.39, 0.29) is 5.78 Å². The lowest BCUT2D eigenvalue weighted by Crippen LogP contribution is -2.04. The Morgan fingerprint density at radius 2 is 1.62 bits per heavy atom. The molecule has 0 aliphatic heterocycles. The topological polar surface area (TPSA) is 35.5 Å². The second-order valence-electron chi connectivity index (χ2n) is 4.48. The van der Waals surface area contributed by atoms with Crippen LogP contribution in [0.15, 0.2) is 30.3 Å². The molecule has 21 heavy (non-hydrogen) atoms. The SMILES string of the molecule is COc1cc(C(=O)c2cc(Cl)c(OC)cc2Cl)ccc1C. The fourth-order valence-electron chi connectivity index (χ4n) is 1.98. The van der Waals surface area contributed by atoms with Crippen LogP contribution in [0.2, 0.25) is 10.0 Å². The summed E-state index contributed by atoms with van der Waals surface area (Å²) >= 11 is 12.2. The number of hydrogen-bond acceptors (Lipinski definition) is 3. The third-order valence-corrected chi connectivity index (χ3v) is 3.76. The van der Waals surface area contributed by atoms with Gasteiger partial charge in [0.2, 0.25) is 0 Å². The van der Waals surface area contributed by atoms with Crippen molar-refractivity contribution in [1.29, 1.82) is 0 Å². The van der Waals surface area contributed by atoms with Crippen molar-refractivity contribution in [2.45, 2.75) is 6.92 Å². The maximum Gasteiger partial charge on any atom is 0.194 e. The molecule has 5 heteroatoms. The van der Waals surface area contributed by atoms with Crippen LogP contribution in [0.1, 0.15) is 21.5 Å². The maximum atomic E-state index is 12.6. The van der Waals surface area contributed by atoms with Crippen LogP contribution in [0.5, 0.6) is 11.5 Å². The molecule has 0 spiro atoms. The molecule has 3 nitrogen and oxygen atoms in total. The molecule has 0 atom stereocenters. The van der Waals surface area contributed by atoms with E-state index in [1.807, 2.05) is 13.0 Å². The van der Waals surface area contributed by atoms with E-state index in [1.165, 1.54) is 19.2 Å². The highest BCUT2D eigenvalue weighted by Crippen LogP contribution is 2.32. The van der Waals surface area contributed by atoms with Gasteiger partial charge >= 0.3 is 0 Å². The van der Waals surface area contributed by atoms with Gasteiger partial charge in [-0.2, -0.15) is 0 Å². The number of aryl methyl sites for hydroxylation is 1. The average Bonchev–Trinajstić information content (AvgIpc) is 2.49. The largest absolute Gasteiger partial charge is 0.496 e. The zero-order chi connectivity index (χ0) is 15.6. The minimum absolute atomic E-state index is 0.220. The molecular formula is C16H14Cl2O3. The van der Waals surface area contributed by atoms with Crippen LogP contribution in [-0.4, -0.2) is 20.0 Å². The third kappa shape index (κ3) is 3.14. The lowest BCUT2D eigenvalue weighted by Gasteiger charge is -2.10. The van der Waals surface area contributed by atoms with Gasteiger partial charge < -0.3 is 9.47 Å². The molecule has 0 aliphatic rings. The number of carbonyl (C=O) groups is 1. The average molecular weight is 325 g/mol. The molecule has 2 aromatic carbocycles. The molecular weight excluding hydrogens is 311 g/mol. The first-order valence-electron chi connectivity index (χ1n) is 6.20. The molecule has 0 unspecified atom stereocenters. The number of methoxy groups -OCH3 is 2. The van der Waals surface area contributed by atoms with Crippen molar-refractivity contribution < 1.29 is 14.3 Å². The van der Waals surface area contributed by atoms with E-state index >= 15 is 0 Å². The van der Waals surface area contributed by atoms with E-state index < -0.39 is 0 Å². The van der Waals surface area contributed by atoms with Gasteiger partial charge in [0.05, 0.1) is 24.3 Å². The fraction of sp³-hybridized carbons (Fsp3) is 0.188. The van der Waals surface area contributed by atoms with Crippen molar-refractivity contribution in [2.24, 2.45) is 0 Å². The Morgan fingerprint density at radius 3 is 2.24 bits per heavy atom. The van der Waals surface area contributed by atoms with E-state index in [2.05, 4.69) is 0 Å². The first-order valence-corrected chi connectivity index (χ1v) is 6.96. The predicted octanol–water partition coefficient (Wildman–Crippen LogP) is 4.55. The summed E-state index contributed by atoms with van der Waals surface area (Å²) in [7, 11) is 3.05. The number of rotatable bonds is 4. The van der Waals surface area contributed by atoms with E-state index in [4.69, 9.17) is 32.7 Å². The second-order valence-corrected chi connectivity index (χ2v) is 5.29. The van der Waals surface area contributed by atoms with Crippen LogP contribution in [0, 0.1) is 6.92 Å². The highest BCUT2D eigenvalue weighted by atomic mass is 35.5. The fourth-order valence-corrected chi connectivity index (χ4v) is 2.46. The zero-order valence-electron chi connectivity index (χ0n) is 11.9. The Labute approximate surface area is 133 Å². The number of ether oxygens (including phenoxy) is 2. The van der Waals surface area contributed by atoms with Gasteiger partial charge in [0.1, 0.15) is 11.5 Å². The summed E-state index contributed by atoms with van der Waals surface area (Å²) in [4.78, 5) is 12.6. The van der Waals surface area contributed by atoms with Gasteiger partial charge in [-0.05, 0) is 24.6 Å². The van der Waals surface area contributed by atoms with E-state index in [9.17, 15) is 4.79 Å². The van der Waals surface area contributed by atoms with Gasteiger partial charge in [0.15, 0.2) is 5.78 Å². The number of benzene rings is 2. The molecule has 0 aromatic heterocycles. The van der Waals surface area contributed by atoms with Crippen molar-refractivity contribution in [3.05, 3.63) is 57.1 Å². The maximum absolute atomic E-state index is 12.6. The van der Waals surface area contributed by atoms with Crippen molar-refractivity contribution in [3.63, 3.8) is 0 Å². The summed E-state index contributed by atoms with van der Waals surface area (Å²) in [6, 6.07) is 8.28. The van der Waals surface area contributed by atoms with E-state index in [0.717, 1.165) is 5.56 Å². The van der Waals surface area contributed by atoms with Crippen LogP contribution in [0.25, 0.3) is 0 Å². The van der Waals surface area contributed by atoms with Crippen molar-refractivity contribution in [1.82, 2.24) is 0 Å². The first-order chi connectivity index (χ1) is 9.97. The Bertz CT molecular complexity index is 696. The predicted molar refractivity (Wildman–Crippen MR) is 84.2 cm³/mol. The molecule has 0 amide bonds. The summed E-state index contributed by atoms with van der Waals surface area (Å²) in [6.45, 7) is 1.91. The normalized spacial score (nSPS) is 10.3. The quantitative estimate of drug-likeness (QED) is 0.774. The molecule has 0 bridgehead atoms. The molecule has 0 radical (unpaired) electrons. The first kappa shape index (κ1) is 15.7. The highest BCUT2D eigenvalue weighted by molar-refractivity contribution is 6.37. The zero-order valence-corrected chi connectivity index (χ0v) is 13.4. The number of carbonyl (C=O) groups excluding carboxylic acids is 1. The van der Waals surface area contributed by atoms with Gasteiger partial charge in [-0.25, -0.2) is 0 Å². The van der Waals surface area contributed by atoms with Crippen molar-refractivity contribution in [3.8, 4) is 11.5 Å². The Morgan fingerprint density at radius 1 is 0.952 bits per heavy atom. The molecule has 0 aliphatic carbocycles. The van der Waals surface area contributed by atoms with Crippen molar-refractivity contribution in [2.75, 3.05) is 14.2 Å². The molecule has 0 heterocycles. The van der Waals surface area contributed by atoms with Gasteiger partial charge in [-0.3, -0.25) is 4.79 Å². The van der Waals surface area contributed by atoms with E-state index in [1.54, 1.807) is 19.2 Å². The number of ketones is 1. The van der Waals surface area contributed by atoms with Gasteiger partial charge in [-0.1, -0.05) is 35.3 Å². The monoisotopic (exact) mass is 324 g/mol. The Balaban J connectivity index is 2.47. The van der Waals surface area contributed by atoms with Gasteiger partial charge in [0.25, 0.3) is 0 Å². The van der Waals surface area contributed by atoms with Gasteiger partial charge in [0, 0.05) is 17.2 Å². The summed E-state index contributed by atoms with van der Waals surface area (Å²) in [5.41, 5.74) is 1.77. The Hall–Kier alpha value is -1.71. The molecule has 2 rings (SSSR count). The molecule has 0 saturated carbocycles. The van der Waals surface area contributed by atoms with Crippen LogP contribution < -0.4 is 9.47 Å². The molecule has 0 N–H and O–H groups in total. The highest BCUT2D eigenvalue weighted by Gasteiger charge is 2.17. The third-order valence-electron chi connectivity index (χ3n) is 3.16. The molecule has 110 valence electrons. The minimum atomic E-state index is -0.220. The lowest BCUT2D eigenvalue weighted by molar-refractivity contribution is 0.103. The van der Waals surface area contributed by atoms with Crippen molar-refractivity contribution >= 4 is 29.0 Å². The number of halogens is 2. The van der Waals surface area contributed by atoms with Gasteiger partial charge in [-0.15, -0.1) is 0 Å². The molecule has 0 saturated heterocycles. The van der Waals surface area contributed by atoms with Crippen LogP contribution in [0.3, 0.4) is 0 Å². The Kier molecular flexibility index (Phi) is 4.76. The summed E-state index contributed by atoms with van der Waals surface area (Å²) in [5, 5.41) is 0.630. The summed E-state index contributed by atoms with van der Waals surface area (Å²) in [5.74, 6) is 0.860. The van der Waals surface area contributed by atoms with Crippen LogP contribution in [0.4, 0.5) is 0 Å². The summed E-state index contributed by atoms with van der Waals surface area (Å²) in [6.07, 6.45) is 0. The minimum Gasteiger partial charge on any atom is -0.496 e. The van der Waals surface area contributed by atoms with Crippen LogP contribution >= 0.6 is 23.2 Å². The smallest absolute Gasteiger partial charge is 0.194 e. The standard InChI is InChI=1S/C16H14Cl2O3/c1-9-4-5-10(6-14(9)20-2)16(19)11-7-13(18)15(21-3)8-12(11)17/h4-8H,1-3H3. The summed E-state index contributed by atoms with van der Waals surface area (Å²) < 4.78 is 10.3. The van der Waals surface area contributed by atoms with Crippen LogP contribution in [-0.2, 0) is 0 Å².